The van der Waals surface area contributed by atoms with Crippen LogP contribution in [0.15, 0.2) is 69.4 Å². The Kier molecular flexibility index (Phi) is 5.55. The van der Waals surface area contributed by atoms with Gasteiger partial charge in [0, 0.05) is 16.7 Å². The molecule has 0 spiro atoms. The molecule has 0 aliphatic carbocycles. The van der Waals surface area contributed by atoms with E-state index >= 15 is 0 Å². The second-order valence-corrected chi connectivity index (χ2v) is 8.25. The highest BCUT2D eigenvalue weighted by Crippen LogP contribution is 2.28. The number of rotatable bonds is 6. The normalized spacial score (nSPS) is 11.3. The van der Waals surface area contributed by atoms with Gasteiger partial charge in [0.2, 0.25) is 5.13 Å². The van der Waals surface area contributed by atoms with Gasteiger partial charge >= 0.3 is 0 Å². The van der Waals surface area contributed by atoms with Crippen LogP contribution in [0.1, 0.15) is 21.7 Å². The lowest BCUT2D eigenvalue weighted by atomic mass is 10.1. The monoisotopic (exact) mass is 407 g/mol. The van der Waals surface area contributed by atoms with Crippen molar-refractivity contribution in [3.05, 3.63) is 77.6 Å². The fraction of sp³-hybridized carbons (Fsp3) is 0.0952. The topological polar surface area (TPSA) is 68.0 Å². The van der Waals surface area contributed by atoms with E-state index in [9.17, 15) is 4.79 Å². The number of carbonyl (C=O) groups is 1. The number of anilines is 1. The molecule has 28 heavy (non-hydrogen) atoms. The molecule has 1 amide bonds. The van der Waals surface area contributed by atoms with Crippen LogP contribution in [0, 0.1) is 6.92 Å². The third kappa shape index (κ3) is 4.16. The van der Waals surface area contributed by atoms with Gasteiger partial charge in [-0.05, 0) is 18.6 Å². The van der Waals surface area contributed by atoms with Gasteiger partial charge in [0.05, 0.1) is 0 Å². The zero-order valence-corrected chi connectivity index (χ0v) is 16.7. The quantitative estimate of drug-likeness (QED) is 0.330. The second kappa shape index (κ2) is 8.41. The third-order valence-electron chi connectivity index (χ3n) is 4.09. The molecule has 0 fully saturated rings. The van der Waals surface area contributed by atoms with E-state index in [4.69, 9.17) is 4.42 Å². The number of nitrogens with zero attached hydrogens (tertiary/aromatic N) is 2. The average molecular weight is 408 g/mol. The Morgan fingerprint density at radius 1 is 1.14 bits per heavy atom. The number of fused-ring (bicyclic) bond motifs is 1. The van der Waals surface area contributed by atoms with E-state index in [1.54, 1.807) is 11.8 Å². The van der Waals surface area contributed by atoms with Crippen molar-refractivity contribution in [3.8, 4) is 0 Å². The van der Waals surface area contributed by atoms with Gasteiger partial charge in [-0.3, -0.25) is 10.1 Å². The van der Waals surface area contributed by atoms with Crippen LogP contribution in [0.3, 0.4) is 0 Å². The van der Waals surface area contributed by atoms with Gasteiger partial charge in [0.25, 0.3) is 5.91 Å². The molecule has 1 N–H and O–H groups in total. The Morgan fingerprint density at radius 3 is 2.75 bits per heavy atom. The minimum Gasteiger partial charge on any atom is -0.451 e. The Bertz CT molecular complexity index is 1130. The van der Waals surface area contributed by atoms with Crippen molar-refractivity contribution >= 4 is 51.2 Å². The number of thioether (sulfide) groups is 1. The molecule has 2 aromatic heterocycles. The van der Waals surface area contributed by atoms with E-state index < -0.39 is 0 Å². The minimum atomic E-state index is -0.314. The van der Waals surface area contributed by atoms with Crippen LogP contribution in [-0.2, 0) is 0 Å². The van der Waals surface area contributed by atoms with Crippen molar-refractivity contribution in [2.45, 2.75) is 11.3 Å². The Hall–Kier alpha value is -2.90. The number of carbonyl (C=O) groups excluding carboxylic acids is 1. The maximum atomic E-state index is 12.5. The first kappa shape index (κ1) is 18.5. The van der Waals surface area contributed by atoms with Crippen LogP contribution in [0.5, 0.6) is 0 Å². The molecule has 0 aliphatic heterocycles. The van der Waals surface area contributed by atoms with Crippen molar-refractivity contribution in [3.63, 3.8) is 0 Å². The summed E-state index contributed by atoms with van der Waals surface area (Å²) in [6.45, 7) is 1.88. The summed E-state index contributed by atoms with van der Waals surface area (Å²) in [4.78, 5) is 12.5. The number of hydrogen-bond donors (Lipinski definition) is 1. The van der Waals surface area contributed by atoms with E-state index in [-0.39, 0.29) is 5.91 Å². The molecule has 0 unspecified atom stereocenters. The molecule has 0 saturated carbocycles. The molecular weight excluding hydrogens is 390 g/mol. The molecule has 5 nitrogen and oxygen atoms in total. The number of hydrogen-bond acceptors (Lipinski definition) is 6. The summed E-state index contributed by atoms with van der Waals surface area (Å²) in [6, 6.07) is 17.7. The summed E-state index contributed by atoms with van der Waals surface area (Å²) in [7, 11) is 0. The van der Waals surface area contributed by atoms with E-state index in [2.05, 4.69) is 39.8 Å². The average Bonchev–Trinajstić information content (AvgIpc) is 3.30. The van der Waals surface area contributed by atoms with E-state index in [1.165, 1.54) is 11.3 Å². The molecule has 0 atom stereocenters. The van der Waals surface area contributed by atoms with Crippen LogP contribution in [0.4, 0.5) is 5.13 Å². The summed E-state index contributed by atoms with van der Waals surface area (Å²) in [6.07, 6.45) is 4.15. The molecule has 2 aromatic carbocycles. The van der Waals surface area contributed by atoms with E-state index in [0.29, 0.717) is 16.5 Å². The molecule has 2 heterocycles. The molecule has 140 valence electrons. The van der Waals surface area contributed by atoms with E-state index in [1.807, 2.05) is 49.4 Å². The Labute approximate surface area is 170 Å². The lowest BCUT2D eigenvalue weighted by Gasteiger charge is -1.98. The summed E-state index contributed by atoms with van der Waals surface area (Å²) in [5.74, 6) is 0.766. The number of aryl methyl sites for hydroxylation is 1. The van der Waals surface area contributed by atoms with Crippen molar-refractivity contribution in [1.82, 2.24) is 10.2 Å². The number of furan rings is 1. The van der Waals surface area contributed by atoms with Crippen LogP contribution in [0.2, 0.25) is 0 Å². The van der Waals surface area contributed by atoms with Gasteiger partial charge in [-0.25, -0.2) is 0 Å². The fourth-order valence-corrected chi connectivity index (χ4v) is 4.31. The zero-order valence-electron chi connectivity index (χ0n) is 15.1. The van der Waals surface area contributed by atoms with Crippen LogP contribution < -0.4 is 5.32 Å². The molecule has 4 rings (SSSR count). The molecule has 0 radical (unpaired) electrons. The minimum absolute atomic E-state index is 0.302. The molecule has 7 heteroatoms. The largest absolute Gasteiger partial charge is 0.451 e. The van der Waals surface area contributed by atoms with Crippen molar-refractivity contribution in [1.29, 1.82) is 0 Å². The number of para-hydroxylation sites is 1. The second-order valence-electron chi connectivity index (χ2n) is 6.00. The number of amides is 1. The maximum absolute atomic E-state index is 12.5. The predicted octanol–water partition coefficient (Wildman–Crippen LogP) is 5.65. The molecule has 0 aliphatic rings. The first-order chi connectivity index (χ1) is 13.7. The summed E-state index contributed by atoms with van der Waals surface area (Å²) in [5.41, 5.74) is 2.68. The molecule has 0 saturated heterocycles. The number of nitrogens with one attached hydrogen (secondary N) is 1. The Morgan fingerprint density at radius 2 is 1.93 bits per heavy atom. The number of aromatic nitrogens is 2. The Balaban J connectivity index is 1.37. The zero-order chi connectivity index (χ0) is 19.3. The highest BCUT2D eigenvalue weighted by atomic mass is 32.2. The van der Waals surface area contributed by atoms with Crippen LogP contribution in [0.25, 0.3) is 17.0 Å². The first-order valence-electron chi connectivity index (χ1n) is 8.68. The SMILES string of the molecule is Cc1c(C(=O)Nc2nnc(SC/C=C/c3ccccc3)s2)oc2ccccc12. The third-order valence-corrected chi connectivity index (χ3v) is 6.01. The predicted molar refractivity (Wildman–Crippen MR) is 115 cm³/mol. The van der Waals surface area contributed by atoms with Gasteiger partial charge < -0.3 is 4.42 Å². The molecular formula is C21H17N3O2S2. The molecule has 4 aromatic rings. The van der Waals surface area contributed by atoms with Crippen molar-refractivity contribution in [2.24, 2.45) is 0 Å². The number of benzene rings is 2. The lowest BCUT2D eigenvalue weighted by molar-refractivity contribution is 0.0998. The summed E-state index contributed by atoms with van der Waals surface area (Å²) >= 11 is 2.92. The van der Waals surface area contributed by atoms with Gasteiger partial charge in [0.1, 0.15) is 5.58 Å². The fourth-order valence-electron chi connectivity index (χ4n) is 2.73. The van der Waals surface area contributed by atoms with Gasteiger partial charge in [-0.1, -0.05) is 83.8 Å². The highest BCUT2D eigenvalue weighted by molar-refractivity contribution is 8.01. The van der Waals surface area contributed by atoms with Crippen LogP contribution in [-0.4, -0.2) is 21.9 Å². The maximum Gasteiger partial charge on any atom is 0.293 e. The highest BCUT2D eigenvalue weighted by Gasteiger charge is 2.19. The van der Waals surface area contributed by atoms with Crippen molar-refractivity contribution < 1.29 is 9.21 Å². The van der Waals surface area contributed by atoms with Gasteiger partial charge in [-0.15, -0.1) is 10.2 Å². The van der Waals surface area contributed by atoms with Gasteiger partial charge in [0.15, 0.2) is 10.1 Å². The van der Waals surface area contributed by atoms with Crippen LogP contribution >= 0.6 is 23.1 Å². The van der Waals surface area contributed by atoms with Crippen molar-refractivity contribution in [2.75, 3.05) is 11.1 Å². The molecule has 0 bridgehead atoms. The van der Waals surface area contributed by atoms with Gasteiger partial charge in [-0.2, -0.15) is 0 Å². The standard InChI is InChI=1S/C21H17N3O2S2/c1-14-16-11-5-6-12-17(16)26-18(14)19(25)22-20-23-24-21(28-20)27-13-7-10-15-8-3-2-4-9-15/h2-12H,13H2,1H3,(H,22,23,25)/b10-7+. The summed E-state index contributed by atoms with van der Waals surface area (Å²) in [5, 5.41) is 12.3. The van der Waals surface area contributed by atoms with E-state index in [0.717, 1.165) is 26.6 Å². The lowest BCUT2D eigenvalue weighted by Crippen LogP contribution is -2.11. The summed E-state index contributed by atoms with van der Waals surface area (Å²) < 4.78 is 6.49. The smallest absolute Gasteiger partial charge is 0.293 e. The first-order valence-corrected chi connectivity index (χ1v) is 10.5.